The molecule has 2 aromatic rings. The van der Waals surface area contributed by atoms with E-state index in [1.807, 2.05) is 18.2 Å². The molecule has 0 unspecified atom stereocenters. The number of hydrogen-bond acceptors (Lipinski definition) is 4. The molecule has 0 radical (unpaired) electrons. The molecule has 19 heavy (non-hydrogen) atoms. The van der Waals surface area contributed by atoms with Gasteiger partial charge in [0.15, 0.2) is 0 Å². The van der Waals surface area contributed by atoms with Crippen molar-refractivity contribution < 1.29 is 4.79 Å². The maximum Gasteiger partial charge on any atom is 0.231 e. The molecule has 0 spiro atoms. The largest absolute Gasteiger partial charge is 0.325 e. The van der Waals surface area contributed by atoms with Gasteiger partial charge in [-0.3, -0.25) is 14.8 Å². The Kier molecular flexibility index (Phi) is 2.76. The van der Waals surface area contributed by atoms with Gasteiger partial charge >= 0.3 is 0 Å². The predicted molar refractivity (Wildman–Crippen MR) is 72.5 cm³/mol. The molecule has 0 bridgehead atoms. The van der Waals surface area contributed by atoms with Gasteiger partial charge in [-0.05, 0) is 17.7 Å². The van der Waals surface area contributed by atoms with E-state index in [-0.39, 0.29) is 5.91 Å². The molecule has 2 heterocycles. The number of nitrogens with zero attached hydrogens (tertiary/aromatic N) is 3. The lowest BCUT2D eigenvalue weighted by Gasteiger charge is -2.11. The first-order valence-corrected chi connectivity index (χ1v) is 6.10. The molecule has 1 amide bonds. The summed E-state index contributed by atoms with van der Waals surface area (Å²) in [7, 11) is 1.79. The smallest absolute Gasteiger partial charge is 0.231 e. The summed E-state index contributed by atoms with van der Waals surface area (Å²) in [4.78, 5) is 21.9. The summed E-state index contributed by atoms with van der Waals surface area (Å²) in [5, 5.41) is 0. The van der Waals surface area contributed by atoms with Crippen molar-refractivity contribution in [3.8, 4) is 11.3 Å². The molecule has 1 aromatic carbocycles. The van der Waals surface area contributed by atoms with Crippen LogP contribution in [0.3, 0.4) is 0 Å². The van der Waals surface area contributed by atoms with Crippen molar-refractivity contribution in [3.63, 3.8) is 0 Å². The van der Waals surface area contributed by atoms with Crippen LogP contribution in [0, 0.1) is 0 Å². The molecule has 5 heteroatoms. The third kappa shape index (κ3) is 1.88. The summed E-state index contributed by atoms with van der Waals surface area (Å²) in [6.45, 7) is 0.346. The first kappa shape index (κ1) is 11.8. The van der Waals surface area contributed by atoms with Gasteiger partial charge < -0.3 is 10.6 Å². The molecule has 1 aromatic heterocycles. The van der Waals surface area contributed by atoms with Crippen LogP contribution in [0.5, 0.6) is 0 Å². The molecule has 0 aliphatic carbocycles. The van der Waals surface area contributed by atoms with Crippen LogP contribution < -0.4 is 10.6 Å². The number of hydrogen-bond donors (Lipinski definition) is 1. The number of amides is 1. The number of aromatic nitrogens is 2. The molecule has 5 nitrogen and oxygen atoms in total. The summed E-state index contributed by atoms with van der Waals surface area (Å²) in [6.07, 6.45) is 3.73. The number of nitrogens with two attached hydrogens (primary N) is 1. The van der Waals surface area contributed by atoms with Gasteiger partial charge in [0, 0.05) is 37.2 Å². The van der Waals surface area contributed by atoms with Crippen LogP contribution in [-0.4, -0.2) is 22.9 Å². The second-order valence-corrected chi connectivity index (χ2v) is 4.53. The van der Waals surface area contributed by atoms with E-state index in [0.717, 1.165) is 28.2 Å². The third-order valence-corrected chi connectivity index (χ3v) is 3.40. The fraction of sp³-hybridized carbons (Fsp3) is 0.214. The van der Waals surface area contributed by atoms with E-state index in [9.17, 15) is 4.79 Å². The molecule has 2 N–H and O–H groups in total. The van der Waals surface area contributed by atoms with Crippen molar-refractivity contribution in [1.29, 1.82) is 0 Å². The molecule has 0 atom stereocenters. The van der Waals surface area contributed by atoms with Gasteiger partial charge in [0.25, 0.3) is 0 Å². The lowest BCUT2D eigenvalue weighted by molar-refractivity contribution is -0.117. The van der Waals surface area contributed by atoms with Crippen molar-refractivity contribution >= 4 is 11.6 Å². The zero-order chi connectivity index (χ0) is 13.4. The lowest BCUT2D eigenvalue weighted by Crippen LogP contribution is -2.20. The Hall–Kier alpha value is -2.27. The number of rotatable bonds is 2. The van der Waals surface area contributed by atoms with Crippen molar-refractivity contribution in [3.05, 3.63) is 41.9 Å². The molecule has 96 valence electrons. The predicted octanol–water partition coefficient (Wildman–Crippen LogP) is 1.12. The van der Waals surface area contributed by atoms with E-state index < -0.39 is 0 Å². The molecular weight excluding hydrogens is 240 g/mol. The van der Waals surface area contributed by atoms with Crippen LogP contribution in [0.2, 0.25) is 0 Å². The molecule has 0 fully saturated rings. The molecular formula is C14H14N4O. The average molecular weight is 254 g/mol. The first-order chi connectivity index (χ1) is 9.20. The number of benzene rings is 1. The Balaban J connectivity index is 2.09. The highest BCUT2D eigenvalue weighted by atomic mass is 16.2. The number of carbonyl (C=O) groups is 1. The van der Waals surface area contributed by atoms with Crippen LogP contribution in [0.1, 0.15) is 11.3 Å². The van der Waals surface area contributed by atoms with E-state index in [2.05, 4.69) is 9.97 Å². The standard InChI is InChI=1S/C14H14N4O/c1-18-12-3-2-9(6-10(12)7-13(18)19)14-11(8-15)16-4-5-17-14/h2-6H,7-8,15H2,1H3. The maximum atomic E-state index is 11.7. The Labute approximate surface area is 111 Å². The summed E-state index contributed by atoms with van der Waals surface area (Å²) in [5.41, 5.74) is 10.2. The van der Waals surface area contributed by atoms with Gasteiger partial charge in [-0.1, -0.05) is 6.07 Å². The molecule has 0 saturated heterocycles. The van der Waals surface area contributed by atoms with Crippen LogP contribution in [-0.2, 0) is 17.8 Å². The van der Waals surface area contributed by atoms with Crippen LogP contribution in [0.4, 0.5) is 5.69 Å². The summed E-state index contributed by atoms with van der Waals surface area (Å²) in [6, 6.07) is 5.90. The van der Waals surface area contributed by atoms with Crippen LogP contribution >= 0.6 is 0 Å². The Morgan fingerprint density at radius 2 is 2.11 bits per heavy atom. The molecule has 1 aliphatic rings. The number of anilines is 1. The van der Waals surface area contributed by atoms with Crippen LogP contribution in [0.25, 0.3) is 11.3 Å². The molecule has 1 aliphatic heterocycles. The van der Waals surface area contributed by atoms with Gasteiger partial charge in [-0.15, -0.1) is 0 Å². The van der Waals surface area contributed by atoms with E-state index in [4.69, 9.17) is 5.73 Å². The Bertz CT molecular complexity index is 654. The minimum absolute atomic E-state index is 0.116. The lowest BCUT2D eigenvalue weighted by atomic mass is 10.0. The number of carbonyl (C=O) groups excluding carboxylic acids is 1. The van der Waals surface area contributed by atoms with Crippen molar-refractivity contribution in [2.45, 2.75) is 13.0 Å². The zero-order valence-electron chi connectivity index (χ0n) is 10.6. The van der Waals surface area contributed by atoms with Crippen molar-refractivity contribution in [2.24, 2.45) is 5.73 Å². The number of likely N-dealkylation sites (N-methyl/N-ethyl adjacent to an activating group) is 1. The maximum absolute atomic E-state index is 11.7. The monoisotopic (exact) mass is 254 g/mol. The van der Waals surface area contributed by atoms with Crippen LogP contribution in [0.15, 0.2) is 30.6 Å². The summed E-state index contributed by atoms with van der Waals surface area (Å²) < 4.78 is 0. The van der Waals surface area contributed by atoms with Gasteiger partial charge in [0.2, 0.25) is 5.91 Å². The quantitative estimate of drug-likeness (QED) is 0.871. The third-order valence-electron chi connectivity index (χ3n) is 3.40. The highest BCUT2D eigenvalue weighted by molar-refractivity contribution is 6.01. The van der Waals surface area contributed by atoms with Gasteiger partial charge in [0.1, 0.15) is 0 Å². The van der Waals surface area contributed by atoms with Gasteiger partial charge in [0.05, 0.1) is 17.8 Å². The van der Waals surface area contributed by atoms with E-state index in [1.165, 1.54) is 0 Å². The van der Waals surface area contributed by atoms with E-state index in [0.29, 0.717) is 13.0 Å². The summed E-state index contributed by atoms with van der Waals surface area (Å²) in [5.74, 6) is 0.116. The minimum atomic E-state index is 0.116. The highest BCUT2D eigenvalue weighted by Crippen LogP contribution is 2.31. The fourth-order valence-electron chi connectivity index (χ4n) is 2.37. The molecule has 0 saturated carbocycles. The van der Waals surface area contributed by atoms with E-state index in [1.54, 1.807) is 24.3 Å². The highest BCUT2D eigenvalue weighted by Gasteiger charge is 2.24. The van der Waals surface area contributed by atoms with Crippen molar-refractivity contribution in [2.75, 3.05) is 11.9 Å². The number of fused-ring (bicyclic) bond motifs is 1. The molecule has 3 rings (SSSR count). The topological polar surface area (TPSA) is 72.1 Å². The van der Waals surface area contributed by atoms with Crippen molar-refractivity contribution in [1.82, 2.24) is 9.97 Å². The average Bonchev–Trinajstić information content (AvgIpc) is 2.73. The van der Waals surface area contributed by atoms with E-state index >= 15 is 0 Å². The minimum Gasteiger partial charge on any atom is -0.325 e. The zero-order valence-corrected chi connectivity index (χ0v) is 10.6. The first-order valence-electron chi connectivity index (χ1n) is 6.10. The normalized spacial score (nSPS) is 13.8. The van der Waals surface area contributed by atoms with Gasteiger partial charge in [-0.25, -0.2) is 0 Å². The van der Waals surface area contributed by atoms with Gasteiger partial charge in [-0.2, -0.15) is 0 Å². The second-order valence-electron chi connectivity index (χ2n) is 4.53. The summed E-state index contributed by atoms with van der Waals surface area (Å²) >= 11 is 0. The SMILES string of the molecule is CN1C(=O)Cc2cc(-c3nccnc3CN)ccc21. The second kappa shape index (κ2) is 4.44. The fourth-order valence-corrected chi connectivity index (χ4v) is 2.37. The Morgan fingerprint density at radius 3 is 2.89 bits per heavy atom. The Morgan fingerprint density at radius 1 is 1.32 bits per heavy atom.